The number of aromatic nitrogens is 4. The summed E-state index contributed by atoms with van der Waals surface area (Å²) in [5, 5.41) is 37.2. The van der Waals surface area contributed by atoms with E-state index in [2.05, 4.69) is 10.2 Å². The molecule has 0 spiro atoms. The number of rotatable bonds is 20. The van der Waals surface area contributed by atoms with Gasteiger partial charge in [0, 0.05) is 34.9 Å². The van der Waals surface area contributed by atoms with E-state index in [9.17, 15) is 56.9 Å². The number of hydrogen-bond donors (Lipinski definition) is 7. The number of hydrogen-bond acceptors (Lipinski definition) is 18. The maximum Gasteiger partial charge on any atom is 0.459 e. The van der Waals surface area contributed by atoms with E-state index in [-0.39, 0.29) is 39.2 Å². The molecule has 10 rings (SSSR count). The Morgan fingerprint density at radius 2 is 1.03 bits per heavy atom. The van der Waals surface area contributed by atoms with Crippen molar-refractivity contribution >= 4 is 59.3 Å². The number of esters is 2. The van der Waals surface area contributed by atoms with Crippen LogP contribution in [0.4, 0.5) is 8.78 Å². The highest BCUT2D eigenvalue weighted by molar-refractivity contribution is 7.84. The highest BCUT2D eigenvalue weighted by atomic mass is 35.7. The third kappa shape index (κ3) is 18.1. The second-order valence-corrected chi connectivity index (χ2v) is 24.1. The number of aliphatic hydroxyl groups excluding tert-OH is 3. The Balaban J connectivity index is 0.000000208. The second kappa shape index (κ2) is 30.8. The first-order chi connectivity index (χ1) is 41.6. The van der Waals surface area contributed by atoms with Crippen molar-refractivity contribution in [2.45, 2.75) is 96.3 Å². The average molecular weight is 1280 g/mol. The number of carbonyl (C=O) groups is 2. The fraction of sp³-hybridized carbons (Fsp3) is 0.288. The summed E-state index contributed by atoms with van der Waals surface area (Å²) in [5.41, 5.74) is -2.43. The minimum absolute atomic E-state index is 0. The summed E-state index contributed by atoms with van der Waals surface area (Å²) in [5.74, 6) is -3.02. The van der Waals surface area contributed by atoms with Gasteiger partial charge in [-0.15, -0.1) is 0 Å². The predicted octanol–water partition coefficient (Wildman–Crippen LogP) is 7.64. The van der Waals surface area contributed by atoms with Gasteiger partial charge >= 0.3 is 37.9 Å². The van der Waals surface area contributed by atoms with Gasteiger partial charge < -0.3 is 43.3 Å². The summed E-state index contributed by atoms with van der Waals surface area (Å²) >= 11 is 6.04. The highest BCUT2D eigenvalue weighted by Crippen LogP contribution is 2.50. The first kappa shape index (κ1) is 67.5. The van der Waals surface area contributed by atoms with Crippen molar-refractivity contribution < 1.29 is 75.3 Å². The Labute approximate surface area is 505 Å². The number of nitrogens with zero attached hydrogens (tertiary/aromatic N) is 2. The van der Waals surface area contributed by atoms with E-state index >= 15 is 0 Å². The van der Waals surface area contributed by atoms with Crippen LogP contribution in [-0.2, 0) is 55.4 Å². The summed E-state index contributed by atoms with van der Waals surface area (Å²) in [4.78, 5) is 74.3. The molecule has 2 aromatic heterocycles. The maximum absolute atomic E-state index is 14.1. The molecule has 468 valence electrons. The minimum atomic E-state index is -4.36. The van der Waals surface area contributed by atoms with Crippen LogP contribution in [-0.4, -0.2) is 96.1 Å². The fourth-order valence-electron chi connectivity index (χ4n) is 8.81. The Bertz CT molecular complexity index is 4020. The van der Waals surface area contributed by atoms with Crippen molar-refractivity contribution in [1.29, 1.82) is 0 Å². The van der Waals surface area contributed by atoms with Crippen molar-refractivity contribution in [3.8, 4) is 11.5 Å². The van der Waals surface area contributed by atoms with Crippen molar-refractivity contribution in [1.82, 2.24) is 29.3 Å². The van der Waals surface area contributed by atoms with Crippen LogP contribution >= 0.6 is 25.9 Å². The van der Waals surface area contributed by atoms with E-state index in [0.717, 1.165) is 42.6 Å². The molecule has 2 aliphatic heterocycles. The molecular weight excluding hydrogens is 1220 g/mol. The molecule has 2 aliphatic rings. The molecule has 0 radical (unpaired) electrons. The highest BCUT2D eigenvalue weighted by Gasteiger charge is 2.40. The predicted molar refractivity (Wildman–Crippen MR) is 319 cm³/mol. The van der Waals surface area contributed by atoms with Gasteiger partial charge in [0.15, 0.2) is 0 Å². The molecule has 24 nitrogen and oxygen atoms in total. The lowest BCUT2D eigenvalue weighted by molar-refractivity contribution is -0.147. The number of halogens is 3. The molecule has 2 saturated heterocycles. The number of fused-ring (bicyclic) bond motifs is 2. The van der Waals surface area contributed by atoms with E-state index < -0.39 is 123 Å². The standard InChI is InChI=1S/C29H29FN3O9P.C20H19ClNO4P.C9H11FN2O5.CH4/c1-18(28(36)39-16-19-8-3-2-4-9-19)32-43(38,42-24-13-7-11-20-10-5-6-12-21(20)24)40-17-25-23(34)14-26(41-25)33-15-22(30)27(35)31-29(33)37;1-15(20(23)25-14-16-8-3-2-4-9-16)22-27(21,24)26-19-13-7-11-17-10-5-6-12-18(17)19;10-4-2-12(9(16)11-8(4)15)7-1-5(14)6(3-13)17-7;/h2-13,15,18,23,25-26,34H,14,16-17H2,1H3,(H,32,38)(H,31,35,37);2-13,15H,14H2,1H3,(H,22,24);2,5-7,13-14H,1,3H2,(H,11,15,16);1H4/t18-,23?,25+,26+,43?;15-,27?;5?,6-,7-;/m001./s1. The van der Waals surface area contributed by atoms with E-state index in [0.29, 0.717) is 17.3 Å². The third-order valence-electron chi connectivity index (χ3n) is 13.3. The molecule has 0 amide bonds. The van der Waals surface area contributed by atoms with Crippen molar-refractivity contribution in [3.63, 3.8) is 0 Å². The van der Waals surface area contributed by atoms with Crippen LogP contribution in [0.1, 0.15) is 57.7 Å². The lowest BCUT2D eigenvalue weighted by Gasteiger charge is -2.25. The van der Waals surface area contributed by atoms with E-state index in [1.807, 2.05) is 89.9 Å². The quantitative estimate of drug-likeness (QED) is 0.0285. The molecule has 7 N–H and O–H groups in total. The summed E-state index contributed by atoms with van der Waals surface area (Å²) in [6, 6.07) is 41.5. The number of ether oxygens (including phenoxy) is 4. The number of carbonyl (C=O) groups excluding carboxylic acids is 2. The van der Waals surface area contributed by atoms with Crippen LogP contribution in [0.15, 0.2) is 177 Å². The van der Waals surface area contributed by atoms with Crippen LogP contribution < -0.4 is 41.7 Å². The topological polar surface area (TPSA) is 327 Å². The van der Waals surface area contributed by atoms with Crippen LogP contribution in [0, 0.1) is 11.6 Å². The third-order valence-corrected chi connectivity index (χ3v) is 16.5. The van der Waals surface area contributed by atoms with Crippen LogP contribution in [0.3, 0.4) is 0 Å². The smallest absolute Gasteiger partial charge is 0.459 e. The monoisotopic (exact) mass is 1280 g/mol. The van der Waals surface area contributed by atoms with Gasteiger partial charge in [-0.1, -0.05) is 141 Å². The van der Waals surface area contributed by atoms with Crippen molar-refractivity contribution in [3.05, 3.63) is 222 Å². The maximum atomic E-state index is 14.1. The molecule has 6 aromatic carbocycles. The zero-order chi connectivity index (χ0) is 62.4. The summed E-state index contributed by atoms with van der Waals surface area (Å²) in [7, 11) is -4.36. The number of aliphatic hydroxyl groups is 3. The zero-order valence-corrected chi connectivity index (χ0v) is 48.8. The molecule has 88 heavy (non-hydrogen) atoms. The van der Waals surface area contributed by atoms with Crippen LogP contribution in [0.25, 0.3) is 21.5 Å². The van der Waals surface area contributed by atoms with Crippen LogP contribution in [0.2, 0.25) is 0 Å². The first-order valence-corrected chi connectivity index (χ1v) is 30.8. The Morgan fingerprint density at radius 1 is 0.625 bits per heavy atom. The molecule has 29 heteroatoms. The fourth-order valence-corrected chi connectivity index (χ4v) is 12.0. The SMILES string of the molecule is C.C[C@H](NP(=O)(Cl)Oc1cccc2ccccc12)C(=O)OCc1ccccc1.C[C@H](NP(=O)(OC[C@H]1O[C@@H](n2cc(F)c(=O)[nH]c2=O)CC1O)Oc1cccc2ccccc12)C(=O)OCc1ccccc1.O=c1[nH]c(=O)n([C@H]2CC(O)[C@@H](CO)O2)cc1F. The largest absolute Gasteiger partial charge is 0.460 e. The molecule has 2 fully saturated rings. The molecule has 0 bridgehead atoms. The molecule has 0 aliphatic carbocycles. The molecular formula is C59H63ClF2N6O18P2. The van der Waals surface area contributed by atoms with Gasteiger partial charge in [0.2, 0.25) is 11.6 Å². The molecule has 4 heterocycles. The lowest BCUT2D eigenvalue weighted by atomic mass is 10.1. The van der Waals surface area contributed by atoms with Gasteiger partial charge in [-0.05, 0) is 47.9 Å². The van der Waals surface area contributed by atoms with Gasteiger partial charge in [-0.2, -0.15) is 13.9 Å². The van der Waals surface area contributed by atoms with Gasteiger partial charge in [0.25, 0.3) is 11.1 Å². The Kier molecular flexibility index (Phi) is 23.6. The van der Waals surface area contributed by atoms with E-state index in [1.165, 1.54) is 13.8 Å². The Morgan fingerprint density at radius 3 is 1.50 bits per heavy atom. The van der Waals surface area contributed by atoms with E-state index in [4.69, 9.17) is 48.9 Å². The number of nitrogens with one attached hydrogen (secondary N) is 4. The molecule has 4 unspecified atom stereocenters. The van der Waals surface area contributed by atoms with Crippen molar-refractivity contribution in [2.24, 2.45) is 0 Å². The summed E-state index contributed by atoms with van der Waals surface area (Å²) in [6.45, 7) is -1.63. The number of aromatic amines is 2. The van der Waals surface area contributed by atoms with Gasteiger partial charge in [0.1, 0.15) is 61.5 Å². The number of benzene rings is 6. The second-order valence-electron chi connectivity index (χ2n) is 19.6. The Hall–Kier alpha value is -7.97. The number of H-pyrrole nitrogens is 2. The summed E-state index contributed by atoms with van der Waals surface area (Å²) in [6.07, 6.45) is -4.85. The average Bonchev–Trinajstić information content (AvgIpc) is 3.68. The molecule has 8 aromatic rings. The zero-order valence-electron chi connectivity index (χ0n) is 46.3. The van der Waals surface area contributed by atoms with Gasteiger partial charge in [-0.3, -0.25) is 42.8 Å². The molecule has 10 atom stereocenters. The van der Waals surface area contributed by atoms with Crippen molar-refractivity contribution in [2.75, 3.05) is 13.2 Å². The van der Waals surface area contributed by atoms with Crippen LogP contribution in [0.5, 0.6) is 11.5 Å². The lowest BCUT2D eigenvalue weighted by Crippen LogP contribution is -2.36. The summed E-state index contributed by atoms with van der Waals surface area (Å²) < 4.78 is 93.7. The first-order valence-electron chi connectivity index (χ1n) is 26.7. The minimum Gasteiger partial charge on any atom is -0.460 e. The normalized spacial score (nSPS) is 19.9. The molecule has 0 saturated carbocycles. The van der Waals surface area contributed by atoms with Gasteiger partial charge in [0.05, 0.1) is 37.8 Å². The van der Waals surface area contributed by atoms with Gasteiger partial charge in [-0.25, -0.2) is 23.8 Å². The van der Waals surface area contributed by atoms with E-state index in [1.54, 1.807) is 65.6 Å².